The first kappa shape index (κ1) is 18.9. The van der Waals surface area contributed by atoms with Crippen molar-refractivity contribution in [2.75, 3.05) is 25.4 Å². The molecule has 1 atom stereocenters. The molecular weight excluding hydrogens is 376 g/mol. The second kappa shape index (κ2) is 8.65. The van der Waals surface area contributed by atoms with Gasteiger partial charge in [0.05, 0.1) is 29.8 Å². The molecule has 2 aromatic rings. The van der Waals surface area contributed by atoms with E-state index in [1.54, 1.807) is 9.47 Å². The SMILES string of the molecule is CC1CN(C(=O)CSc2nnc(-c3cccs3)n2CCC(=O)O)CCO1. The molecule has 0 aliphatic carbocycles. The highest BCUT2D eigenvalue weighted by atomic mass is 32.2. The van der Waals surface area contributed by atoms with Crippen molar-refractivity contribution >= 4 is 35.0 Å². The summed E-state index contributed by atoms with van der Waals surface area (Å²) in [6.07, 6.45) is 0.0150. The lowest BCUT2D eigenvalue weighted by atomic mass is 10.3. The van der Waals surface area contributed by atoms with Crippen molar-refractivity contribution in [3.63, 3.8) is 0 Å². The Balaban J connectivity index is 1.70. The van der Waals surface area contributed by atoms with Crippen LogP contribution in [-0.4, -0.2) is 68.2 Å². The van der Waals surface area contributed by atoms with Gasteiger partial charge < -0.3 is 19.3 Å². The van der Waals surface area contributed by atoms with Crippen LogP contribution in [0.3, 0.4) is 0 Å². The number of carbonyl (C=O) groups excluding carboxylic acids is 1. The lowest BCUT2D eigenvalue weighted by Gasteiger charge is -2.31. The zero-order chi connectivity index (χ0) is 18.5. The summed E-state index contributed by atoms with van der Waals surface area (Å²) in [4.78, 5) is 26.1. The predicted molar refractivity (Wildman–Crippen MR) is 98.3 cm³/mol. The maximum atomic E-state index is 12.4. The van der Waals surface area contributed by atoms with E-state index in [0.29, 0.717) is 30.7 Å². The Bertz CT molecular complexity index is 762. The van der Waals surface area contributed by atoms with Gasteiger partial charge in [0.2, 0.25) is 5.91 Å². The van der Waals surface area contributed by atoms with Gasteiger partial charge in [-0.2, -0.15) is 0 Å². The third-order valence-corrected chi connectivity index (χ3v) is 5.74. The molecule has 1 fully saturated rings. The number of nitrogens with zero attached hydrogens (tertiary/aromatic N) is 4. The van der Waals surface area contributed by atoms with Crippen molar-refractivity contribution in [2.45, 2.75) is 31.1 Å². The molecule has 0 aromatic carbocycles. The van der Waals surface area contributed by atoms with Gasteiger partial charge in [-0.15, -0.1) is 21.5 Å². The van der Waals surface area contributed by atoms with Crippen molar-refractivity contribution in [2.24, 2.45) is 0 Å². The van der Waals surface area contributed by atoms with Crippen molar-refractivity contribution in [1.29, 1.82) is 0 Å². The van der Waals surface area contributed by atoms with E-state index in [1.165, 1.54) is 23.1 Å². The van der Waals surface area contributed by atoms with Gasteiger partial charge in [0.25, 0.3) is 0 Å². The largest absolute Gasteiger partial charge is 0.481 e. The van der Waals surface area contributed by atoms with Gasteiger partial charge in [0, 0.05) is 19.6 Å². The van der Waals surface area contributed by atoms with Gasteiger partial charge in [-0.25, -0.2) is 0 Å². The van der Waals surface area contributed by atoms with Crippen molar-refractivity contribution in [3.8, 4) is 10.7 Å². The van der Waals surface area contributed by atoms with E-state index in [1.807, 2.05) is 24.4 Å². The molecule has 1 aliphatic heterocycles. The predicted octanol–water partition coefficient (Wildman–Crippen LogP) is 1.82. The molecule has 3 rings (SSSR count). The third kappa shape index (κ3) is 4.63. The highest BCUT2D eigenvalue weighted by Crippen LogP contribution is 2.27. The van der Waals surface area contributed by atoms with Gasteiger partial charge in [-0.05, 0) is 18.4 Å². The molecule has 1 unspecified atom stereocenters. The molecule has 1 aliphatic rings. The summed E-state index contributed by atoms with van der Waals surface area (Å²) >= 11 is 2.80. The van der Waals surface area contributed by atoms with Crippen LogP contribution in [0.2, 0.25) is 0 Å². The van der Waals surface area contributed by atoms with Crippen LogP contribution < -0.4 is 0 Å². The van der Waals surface area contributed by atoms with Crippen LogP contribution in [-0.2, 0) is 20.9 Å². The Morgan fingerprint density at radius 2 is 2.31 bits per heavy atom. The zero-order valence-electron chi connectivity index (χ0n) is 14.3. The number of aliphatic carboxylic acids is 1. The third-order valence-electron chi connectivity index (χ3n) is 3.93. The van der Waals surface area contributed by atoms with E-state index < -0.39 is 5.97 Å². The minimum absolute atomic E-state index is 0.0237. The van der Waals surface area contributed by atoms with Crippen LogP contribution in [0.4, 0.5) is 0 Å². The molecular formula is C16H20N4O4S2. The van der Waals surface area contributed by atoms with Crippen molar-refractivity contribution in [1.82, 2.24) is 19.7 Å². The van der Waals surface area contributed by atoms with E-state index in [0.717, 1.165) is 4.88 Å². The van der Waals surface area contributed by atoms with Crippen LogP contribution >= 0.6 is 23.1 Å². The number of aromatic nitrogens is 3. The van der Waals surface area contributed by atoms with Gasteiger partial charge in [-0.1, -0.05) is 17.8 Å². The average Bonchev–Trinajstić information content (AvgIpc) is 3.27. The number of carboxylic acid groups (broad SMARTS) is 1. The summed E-state index contributed by atoms with van der Waals surface area (Å²) in [6.45, 7) is 3.94. The van der Waals surface area contributed by atoms with Crippen LogP contribution in [0.15, 0.2) is 22.7 Å². The van der Waals surface area contributed by atoms with Gasteiger partial charge in [0.15, 0.2) is 11.0 Å². The molecule has 26 heavy (non-hydrogen) atoms. The number of rotatable bonds is 7. The first-order valence-electron chi connectivity index (χ1n) is 8.25. The normalized spacial score (nSPS) is 17.4. The highest BCUT2D eigenvalue weighted by molar-refractivity contribution is 7.99. The smallest absolute Gasteiger partial charge is 0.305 e. The van der Waals surface area contributed by atoms with Crippen molar-refractivity contribution < 1.29 is 19.4 Å². The molecule has 140 valence electrons. The van der Waals surface area contributed by atoms with Crippen LogP contribution in [0, 0.1) is 0 Å². The monoisotopic (exact) mass is 396 g/mol. The maximum Gasteiger partial charge on any atom is 0.305 e. The zero-order valence-corrected chi connectivity index (χ0v) is 16.0. The molecule has 1 saturated heterocycles. The van der Waals surface area contributed by atoms with Crippen LogP contribution in [0.1, 0.15) is 13.3 Å². The van der Waals surface area contributed by atoms with E-state index in [9.17, 15) is 9.59 Å². The Morgan fingerprint density at radius 3 is 3.00 bits per heavy atom. The lowest BCUT2D eigenvalue weighted by molar-refractivity contribution is -0.137. The fraction of sp³-hybridized carbons (Fsp3) is 0.500. The number of amides is 1. The average molecular weight is 396 g/mol. The molecule has 0 saturated carbocycles. The fourth-order valence-electron chi connectivity index (χ4n) is 2.66. The van der Waals surface area contributed by atoms with E-state index in [2.05, 4.69) is 10.2 Å². The Morgan fingerprint density at radius 1 is 1.46 bits per heavy atom. The topological polar surface area (TPSA) is 97.6 Å². The summed E-state index contributed by atoms with van der Waals surface area (Å²) in [6, 6.07) is 3.83. The molecule has 10 heteroatoms. The van der Waals surface area contributed by atoms with Crippen molar-refractivity contribution in [3.05, 3.63) is 17.5 Å². The first-order valence-corrected chi connectivity index (χ1v) is 10.1. The summed E-state index contributed by atoms with van der Waals surface area (Å²) in [5.41, 5.74) is 0. The summed E-state index contributed by atoms with van der Waals surface area (Å²) < 4.78 is 7.24. The number of ether oxygens (including phenoxy) is 1. The lowest BCUT2D eigenvalue weighted by Crippen LogP contribution is -2.45. The summed E-state index contributed by atoms with van der Waals surface area (Å²) in [7, 11) is 0. The minimum atomic E-state index is -0.884. The van der Waals surface area contributed by atoms with E-state index >= 15 is 0 Å². The van der Waals surface area contributed by atoms with Gasteiger partial charge in [0.1, 0.15) is 0 Å². The minimum Gasteiger partial charge on any atom is -0.481 e. The second-order valence-electron chi connectivity index (χ2n) is 5.89. The molecule has 0 spiro atoms. The Labute approximate surface area is 159 Å². The molecule has 1 N–H and O–H groups in total. The fourth-order valence-corrected chi connectivity index (χ4v) is 4.24. The molecule has 1 amide bonds. The first-order chi connectivity index (χ1) is 12.5. The Hall–Kier alpha value is -1.91. The number of hydrogen-bond donors (Lipinski definition) is 1. The molecule has 0 radical (unpaired) electrons. The summed E-state index contributed by atoms with van der Waals surface area (Å²) in [5.74, 6) is 0.0134. The van der Waals surface area contributed by atoms with E-state index in [-0.39, 0.29) is 30.7 Å². The molecule has 2 aromatic heterocycles. The maximum absolute atomic E-state index is 12.4. The molecule has 8 nitrogen and oxygen atoms in total. The summed E-state index contributed by atoms with van der Waals surface area (Å²) in [5, 5.41) is 19.9. The number of thioether (sulfide) groups is 1. The number of thiophene rings is 1. The number of carboxylic acids is 1. The Kier molecular flexibility index (Phi) is 6.28. The van der Waals surface area contributed by atoms with Crippen LogP contribution in [0.25, 0.3) is 10.7 Å². The molecule has 0 bridgehead atoms. The van der Waals surface area contributed by atoms with Crippen LogP contribution in [0.5, 0.6) is 0 Å². The highest BCUT2D eigenvalue weighted by Gasteiger charge is 2.23. The van der Waals surface area contributed by atoms with Gasteiger partial charge >= 0.3 is 5.97 Å². The second-order valence-corrected chi connectivity index (χ2v) is 7.78. The van der Waals surface area contributed by atoms with Gasteiger partial charge in [-0.3, -0.25) is 9.59 Å². The quantitative estimate of drug-likeness (QED) is 0.713. The number of hydrogen-bond acceptors (Lipinski definition) is 7. The number of morpholine rings is 1. The molecule has 3 heterocycles. The standard InChI is InChI=1S/C16H20N4O4S2/c1-11-9-19(6-7-24-11)13(21)10-26-16-18-17-15(12-3-2-8-25-12)20(16)5-4-14(22)23/h2-3,8,11H,4-7,9-10H2,1H3,(H,22,23). The number of carbonyl (C=O) groups is 2. The van der Waals surface area contributed by atoms with E-state index in [4.69, 9.17) is 9.84 Å².